The van der Waals surface area contributed by atoms with Gasteiger partial charge in [0.2, 0.25) is 0 Å². The van der Waals surface area contributed by atoms with E-state index in [9.17, 15) is 0 Å². The van der Waals surface area contributed by atoms with Crippen LogP contribution in [0.3, 0.4) is 0 Å². The SMILES string of the molecule is CCN1CCN(C2(CN)CCN(C)C(C)C2)CC1C. The lowest BCUT2D eigenvalue weighted by Crippen LogP contribution is -2.66. The van der Waals surface area contributed by atoms with Gasteiger partial charge in [0.25, 0.3) is 0 Å². The first-order valence-corrected chi connectivity index (χ1v) is 7.92. The van der Waals surface area contributed by atoms with Gasteiger partial charge in [0.15, 0.2) is 0 Å². The van der Waals surface area contributed by atoms with Crippen LogP contribution in [0.2, 0.25) is 0 Å². The Labute approximate surface area is 118 Å². The molecule has 0 spiro atoms. The molecule has 2 rings (SSSR count). The molecule has 4 heteroatoms. The Morgan fingerprint density at radius 3 is 2.42 bits per heavy atom. The van der Waals surface area contributed by atoms with E-state index >= 15 is 0 Å². The van der Waals surface area contributed by atoms with Crippen LogP contribution in [0.25, 0.3) is 0 Å². The van der Waals surface area contributed by atoms with Crippen molar-refractivity contribution in [1.29, 1.82) is 0 Å². The van der Waals surface area contributed by atoms with E-state index in [1.165, 1.54) is 45.6 Å². The van der Waals surface area contributed by atoms with Crippen LogP contribution < -0.4 is 5.73 Å². The molecular weight excluding hydrogens is 236 g/mol. The van der Waals surface area contributed by atoms with E-state index in [-0.39, 0.29) is 5.54 Å². The zero-order chi connectivity index (χ0) is 14.0. The van der Waals surface area contributed by atoms with Crippen molar-refractivity contribution in [2.75, 3.05) is 46.3 Å². The second-order valence-electron chi connectivity index (χ2n) is 6.64. The predicted octanol–water partition coefficient (Wildman–Crippen LogP) is 0.824. The minimum absolute atomic E-state index is 0.250. The zero-order valence-corrected chi connectivity index (χ0v) is 13.2. The molecule has 19 heavy (non-hydrogen) atoms. The largest absolute Gasteiger partial charge is 0.329 e. The van der Waals surface area contributed by atoms with Gasteiger partial charge < -0.3 is 10.6 Å². The molecule has 0 bridgehead atoms. The molecule has 0 aliphatic carbocycles. The van der Waals surface area contributed by atoms with Crippen LogP contribution >= 0.6 is 0 Å². The van der Waals surface area contributed by atoms with Gasteiger partial charge in [0.05, 0.1) is 0 Å². The van der Waals surface area contributed by atoms with Crippen molar-refractivity contribution in [1.82, 2.24) is 14.7 Å². The number of likely N-dealkylation sites (tertiary alicyclic amines) is 1. The van der Waals surface area contributed by atoms with Crippen LogP contribution in [0.1, 0.15) is 33.6 Å². The van der Waals surface area contributed by atoms with E-state index in [0.717, 1.165) is 6.54 Å². The van der Waals surface area contributed by atoms with E-state index in [1.807, 2.05) is 0 Å². The Morgan fingerprint density at radius 2 is 1.89 bits per heavy atom. The summed E-state index contributed by atoms with van der Waals surface area (Å²) < 4.78 is 0. The monoisotopic (exact) mass is 268 g/mol. The highest BCUT2D eigenvalue weighted by molar-refractivity contribution is 5.00. The van der Waals surface area contributed by atoms with Crippen molar-refractivity contribution in [3.8, 4) is 0 Å². The molecule has 3 unspecified atom stereocenters. The highest BCUT2D eigenvalue weighted by Crippen LogP contribution is 2.32. The molecule has 0 aromatic carbocycles. The maximum atomic E-state index is 6.22. The average Bonchev–Trinajstić information content (AvgIpc) is 2.42. The van der Waals surface area contributed by atoms with Crippen molar-refractivity contribution >= 4 is 0 Å². The van der Waals surface area contributed by atoms with Gasteiger partial charge in [-0.05, 0) is 46.8 Å². The number of hydrogen-bond acceptors (Lipinski definition) is 4. The Bertz CT molecular complexity index is 296. The molecule has 2 heterocycles. The highest BCUT2D eigenvalue weighted by Gasteiger charge is 2.42. The van der Waals surface area contributed by atoms with E-state index in [0.29, 0.717) is 12.1 Å². The molecule has 2 aliphatic heterocycles. The maximum Gasteiger partial charge on any atom is 0.0359 e. The number of nitrogens with zero attached hydrogens (tertiary/aromatic N) is 3. The lowest BCUT2D eigenvalue weighted by atomic mass is 9.81. The molecule has 112 valence electrons. The summed E-state index contributed by atoms with van der Waals surface area (Å²) in [7, 11) is 2.24. The summed E-state index contributed by atoms with van der Waals surface area (Å²) >= 11 is 0. The van der Waals surface area contributed by atoms with Crippen LogP contribution in [0.5, 0.6) is 0 Å². The molecule has 3 atom stereocenters. The van der Waals surface area contributed by atoms with Gasteiger partial charge in [-0.2, -0.15) is 0 Å². The summed E-state index contributed by atoms with van der Waals surface area (Å²) in [5.41, 5.74) is 6.47. The fourth-order valence-electron chi connectivity index (χ4n) is 3.91. The summed E-state index contributed by atoms with van der Waals surface area (Å²) in [5.74, 6) is 0. The molecule has 0 aromatic heterocycles. The van der Waals surface area contributed by atoms with E-state index in [2.05, 4.69) is 42.5 Å². The van der Waals surface area contributed by atoms with Crippen molar-refractivity contribution in [3.05, 3.63) is 0 Å². The summed E-state index contributed by atoms with van der Waals surface area (Å²) in [5, 5.41) is 0. The molecule has 0 radical (unpaired) electrons. The van der Waals surface area contributed by atoms with Crippen LogP contribution in [-0.2, 0) is 0 Å². The number of nitrogens with two attached hydrogens (primary N) is 1. The van der Waals surface area contributed by atoms with Gasteiger partial charge in [0.1, 0.15) is 0 Å². The van der Waals surface area contributed by atoms with Crippen molar-refractivity contribution < 1.29 is 0 Å². The Hall–Kier alpha value is -0.160. The molecular formula is C15H32N4. The number of rotatable bonds is 3. The summed E-state index contributed by atoms with van der Waals surface area (Å²) in [6.45, 7) is 13.7. The maximum absolute atomic E-state index is 6.22. The third-order valence-electron chi connectivity index (χ3n) is 5.58. The van der Waals surface area contributed by atoms with Crippen molar-refractivity contribution in [2.24, 2.45) is 5.73 Å². The zero-order valence-electron chi connectivity index (χ0n) is 13.2. The molecule has 2 aliphatic rings. The van der Waals surface area contributed by atoms with Crippen LogP contribution in [0.4, 0.5) is 0 Å². The standard InChI is InChI=1S/C15H32N4/c1-5-18-8-9-19(11-14(18)3)15(12-16)6-7-17(4)13(2)10-15/h13-14H,5-12,16H2,1-4H3. The van der Waals surface area contributed by atoms with Gasteiger partial charge in [-0.25, -0.2) is 0 Å². The second kappa shape index (κ2) is 6.08. The van der Waals surface area contributed by atoms with Gasteiger partial charge in [-0.3, -0.25) is 9.80 Å². The van der Waals surface area contributed by atoms with Gasteiger partial charge in [0, 0.05) is 43.8 Å². The Kier molecular flexibility index (Phi) is 4.88. The minimum Gasteiger partial charge on any atom is -0.329 e. The number of likely N-dealkylation sites (N-methyl/N-ethyl adjacent to an activating group) is 1. The van der Waals surface area contributed by atoms with Crippen LogP contribution in [0.15, 0.2) is 0 Å². The van der Waals surface area contributed by atoms with Crippen molar-refractivity contribution in [2.45, 2.75) is 51.2 Å². The number of hydrogen-bond donors (Lipinski definition) is 1. The predicted molar refractivity (Wildman–Crippen MR) is 81.4 cm³/mol. The average molecular weight is 268 g/mol. The first-order valence-electron chi connectivity index (χ1n) is 7.92. The molecule has 2 fully saturated rings. The number of piperazine rings is 1. The van der Waals surface area contributed by atoms with E-state index in [4.69, 9.17) is 5.73 Å². The first-order chi connectivity index (χ1) is 9.02. The molecule has 0 aromatic rings. The third-order valence-corrected chi connectivity index (χ3v) is 5.58. The number of piperidine rings is 1. The second-order valence-corrected chi connectivity index (χ2v) is 6.64. The lowest BCUT2D eigenvalue weighted by molar-refractivity contribution is -0.0329. The van der Waals surface area contributed by atoms with Crippen molar-refractivity contribution in [3.63, 3.8) is 0 Å². The third kappa shape index (κ3) is 2.97. The Balaban J connectivity index is 2.06. The fraction of sp³-hybridized carbons (Fsp3) is 1.00. The Morgan fingerprint density at radius 1 is 1.16 bits per heavy atom. The lowest BCUT2D eigenvalue weighted by Gasteiger charge is -2.54. The molecule has 2 N–H and O–H groups in total. The highest BCUT2D eigenvalue weighted by atomic mass is 15.3. The van der Waals surface area contributed by atoms with Gasteiger partial charge in [-0.15, -0.1) is 0 Å². The summed E-state index contributed by atoms with van der Waals surface area (Å²) in [6.07, 6.45) is 2.45. The normalized spacial score (nSPS) is 39.6. The van der Waals surface area contributed by atoms with E-state index in [1.54, 1.807) is 0 Å². The topological polar surface area (TPSA) is 35.7 Å². The smallest absolute Gasteiger partial charge is 0.0359 e. The molecule has 4 nitrogen and oxygen atoms in total. The molecule has 2 saturated heterocycles. The summed E-state index contributed by atoms with van der Waals surface area (Å²) in [6, 6.07) is 1.31. The molecule has 0 saturated carbocycles. The molecule has 0 amide bonds. The summed E-state index contributed by atoms with van der Waals surface area (Å²) in [4.78, 5) is 7.76. The van der Waals surface area contributed by atoms with E-state index < -0.39 is 0 Å². The quantitative estimate of drug-likeness (QED) is 0.822. The van der Waals surface area contributed by atoms with Gasteiger partial charge >= 0.3 is 0 Å². The first kappa shape index (κ1) is 15.2. The van der Waals surface area contributed by atoms with Gasteiger partial charge in [-0.1, -0.05) is 6.92 Å². The van der Waals surface area contributed by atoms with Crippen LogP contribution in [-0.4, -0.2) is 78.6 Å². The minimum atomic E-state index is 0.250. The van der Waals surface area contributed by atoms with Crippen LogP contribution in [0, 0.1) is 0 Å². The fourth-order valence-corrected chi connectivity index (χ4v) is 3.91.